The van der Waals surface area contributed by atoms with Crippen LogP contribution in [-0.4, -0.2) is 23.3 Å². The molecule has 0 aromatic rings. The smallest absolute Gasteiger partial charge is 0.0584 e. The summed E-state index contributed by atoms with van der Waals surface area (Å²) in [7, 11) is 0. The van der Waals surface area contributed by atoms with Crippen molar-refractivity contribution in [3.63, 3.8) is 0 Å². The van der Waals surface area contributed by atoms with Gasteiger partial charge in [0.25, 0.3) is 0 Å². The summed E-state index contributed by atoms with van der Waals surface area (Å²) in [6, 6.07) is 0.241. The molecule has 1 atom stereocenters. The summed E-state index contributed by atoms with van der Waals surface area (Å²) in [6.07, 6.45) is 1.04. The highest BCUT2D eigenvalue weighted by molar-refractivity contribution is 4.77. The second-order valence-electron chi connectivity index (χ2n) is 4.90. The van der Waals surface area contributed by atoms with Crippen molar-refractivity contribution in [3.05, 3.63) is 0 Å². The van der Waals surface area contributed by atoms with Crippen molar-refractivity contribution in [2.75, 3.05) is 6.61 Å². The fourth-order valence-corrected chi connectivity index (χ4v) is 1.36. The van der Waals surface area contributed by atoms with Crippen LogP contribution in [0, 0.1) is 5.92 Å². The molecular weight excluding hydrogens is 150 g/mol. The van der Waals surface area contributed by atoms with Crippen LogP contribution in [0.25, 0.3) is 0 Å². The molecule has 0 bridgehead atoms. The summed E-state index contributed by atoms with van der Waals surface area (Å²) in [5.74, 6) is 0.636. The van der Waals surface area contributed by atoms with E-state index in [1.807, 2.05) is 0 Å². The minimum absolute atomic E-state index is 0.0995. The van der Waals surface area contributed by atoms with Crippen LogP contribution in [0.5, 0.6) is 0 Å². The lowest BCUT2D eigenvalue weighted by molar-refractivity contribution is 0.198. The molecule has 0 saturated carbocycles. The number of aliphatic hydroxyl groups is 1. The van der Waals surface area contributed by atoms with Crippen molar-refractivity contribution in [3.8, 4) is 0 Å². The van der Waals surface area contributed by atoms with E-state index in [1.54, 1.807) is 0 Å². The molecule has 0 aliphatic carbocycles. The van der Waals surface area contributed by atoms with Crippen LogP contribution < -0.4 is 5.32 Å². The van der Waals surface area contributed by atoms with Gasteiger partial charge in [-0.3, -0.25) is 0 Å². The highest BCUT2D eigenvalue weighted by Gasteiger charge is 2.16. The highest BCUT2D eigenvalue weighted by Crippen LogP contribution is 2.08. The number of rotatable bonds is 4. The van der Waals surface area contributed by atoms with E-state index in [9.17, 15) is 0 Å². The zero-order valence-electron chi connectivity index (χ0n) is 9.02. The molecular formula is C10H23NO. The van der Waals surface area contributed by atoms with Gasteiger partial charge in [0.05, 0.1) is 6.61 Å². The van der Waals surface area contributed by atoms with Crippen molar-refractivity contribution in [2.45, 2.75) is 52.6 Å². The van der Waals surface area contributed by atoms with E-state index in [1.165, 1.54) is 0 Å². The molecule has 0 aliphatic rings. The second kappa shape index (κ2) is 4.83. The van der Waals surface area contributed by atoms with Crippen LogP contribution in [-0.2, 0) is 0 Å². The summed E-state index contributed by atoms with van der Waals surface area (Å²) in [4.78, 5) is 0. The molecule has 2 heteroatoms. The van der Waals surface area contributed by atoms with E-state index in [-0.39, 0.29) is 18.2 Å². The van der Waals surface area contributed by atoms with Crippen molar-refractivity contribution >= 4 is 0 Å². The Balaban J connectivity index is 3.83. The molecule has 0 aromatic heterocycles. The number of aliphatic hydroxyl groups excluding tert-OH is 1. The minimum atomic E-state index is 0.0995. The maximum absolute atomic E-state index is 9.08. The Labute approximate surface area is 76.4 Å². The average molecular weight is 173 g/mol. The fourth-order valence-electron chi connectivity index (χ4n) is 1.36. The van der Waals surface area contributed by atoms with Crippen LogP contribution in [0.2, 0.25) is 0 Å². The normalized spacial score (nSPS) is 15.2. The molecule has 0 radical (unpaired) electrons. The van der Waals surface area contributed by atoms with Crippen molar-refractivity contribution < 1.29 is 5.11 Å². The SMILES string of the molecule is CC(C)CC(CO)NC(C)(C)C. The Morgan fingerprint density at radius 2 is 1.75 bits per heavy atom. The largest absolute Gasteiger partial charge is 0.395 e. The van der Waals surface area contributed by atoms with E-state index in [4.69, 9.17) is 5.11 Å². The average Bonchev–Trinajstić information content (AvgIpc) is 1.82. The second-order valence-corrected chi connectivity index (χ2v) is 4.90. The molecule has 0 amide bonds. The Morgan fingerprint density at radius 3 is 2.00 bits per heavy atom. The van der Waals surface area contributed by atoms with Gasteiger partial charge in [-0.2, -0.15) is 0 Å². The maximum Gasteiger partial charge on any atom is 0.0584 e. The molecule has 2 nitrogen and oxygen atoms in total. The lowest BCUT2D eigenvalue weighted by atomic mass is 10.0. The fraction of sp³-hybridized carbons (Fsp3) is 1.00. The van der Waals surface area contributed by atoms with Gasteiger partial charge in [-0.15, -0.1) is 0 Å². The number of hydrogen-bond donors (Lipinski definition) is 2. The van der Waals surface area contributed by atoms with Crippen LogP contribution in [0.15, 0.2) is 0 Å². The first-order chi connectivity index (χ1) is 5.35. The van der Waals surface area contributed by atoms with E-state index >= 15 is 0 Å². The van der Waals surface area contributed by atoms with Gasteiger partial charge in [-0.25, -0.2) is 0 Å². The van der Waals surface area contributed by atoms with Crippen molar-refractivity contribution in [1.82, 2.24) is 5.32 Å². The number of hydrogen-bond acceptors (Lipinski definition) is 2. The van der Waals surface area contributed by atoms with E-state index in [2.05, 4.69) is 39.9 Å². The van der Waals surface area contributed by atoms with Crippen LogP contribution >= 0.6 is 0 Å². The van der Waals surface area contributed by atoms with Gasteiger partial charge in [-0.05, 0) is 33.1 Å². The van der Waals surface area contributed by atoms with E-state index < -0.39 is 0 Å². The Hall–Kier alpha value is -0.0800. The first-order valence-corrected chi connectivity index (χ1v) is 4.73. The van der Waals surface area contributed by atoms with Gasteiger partial charge >= 0.3 is 0 Å². The number of nitrogens with one attached hydrogen (secondary N) is 1. The first-order valence-electron chi connectivity index (χ1n) is 4.73. The van der Waals surface area contributed by atoms with E-state index in [0.717, 1.165) is 6.42 Å². The lowest BCUT2D eigenvalue weighted by Gasteiger charge is -2.28. The molecule has 74 valence electrons. The molecule has 2 N–H and O–H groups in total. The third-order valence-corrected chi connectivity index (χ3v) is 1.61. The summed E-state index contributed by atoms with van der Waals surface area (Å²) in [5, 5.41) is 12.5. The molecule has 0 rings (SSSR count). The molecule has 12 heavy (non-hydrogen) atoms. The summed E-state index contributed by atoms with van der Waals surface area (Å²) in [6.45, 7) is 10.9. The highest BCUT2D eigenvalue weighted by atomic mass is 16.3. The Morgan fingerprint density at radius 1 is 1.25 bits per heavy atom. The topological polar surface area (TPSA) is 32.3 Å². The summed E-state index contributed by atoms with van der Waals surface area (Å²) in [5.41, 5.74) is 0.0995. The zero-order valence-corrected chi connectivity index (χ0v) is 9.02. The van der Waals surface area contributed by atoms with Gasteiger partial charge in [0.15, 0.2) is 0 Å². The standard InChI is InChI=1S/C10H23NO/c1-8(2)6-9(7-12)11-10(3,4)5/h8-9,11-12H,6-7H2,1-5H3. The minimum Gasteiger partial charge on any atom is -0.395 e. The maximum atomic E-state index is 9.08. The van der Waals surface area contributed by atoms with Gasteiger partial charge < -0.3 is 10.4 Å². The molecule has 0 spiro atoms. The van der Waals surface area contributed by atoms with Gasteiger partial charge in [0.2, 0.25) is 0 Å². The summed E-state index contributed by atoms with van der Waals surface area (Å²) < 4.78 is 0. The lowest BCUT2D eigenvalue weighted by Crippen LogP contribution is -2.46. The monoisotopic (exact) mass is 173 g/mol. The third-order valence-electron chi connectivity index (χ3n) is 1.61. The zero-order chi connectivity index (χ0) is 9.78. The Bertz CT molecular complexity index is 115. The quantitative estimate of drug-likeness (QED) is 0.679. The van der Waals surface area contributed by atoms with E-state index in [0.29, 0.717) is 5.92 Å². The van der Waals surface area contributed by atoms with Crippen molar-refractivity contribution in [1.29, 1.82) is 0 Å². The van der Waals surface area contributed by atoms with Gasteiger partial charge in [0, 0.05) is 11.6 Å². The predicted octanol–water partition coefficient (Wildman–Crippen LogP) is 1.78. The molecule has 0 heterocycles. The summed E-state index contributed by atoms with van der Waals surface area (Å²) >= 11 is 0. The Kier molecular flexibility index (Phi) is 4.80. The van der Waals surface area contributed by atoms with Crippen molar-refractivity contribution in [2.24, 2.45) is 5.92 Å². The molecule has 0 aliphatic heterocycles. The molecule has 0 saturated heterocycles. The molecule has 0 aromatic carbocycles. The predicted molar refractivity (Wildman–Crippen MR) is 53.2 cm³/mol. The van der Waals surface area contributed by atoms with Crippen LogP contribution in [0.3, 0.4) is 0 Å². The van der Waals surface area contributed by atoms with Gasteiger partial charge in [-0.1, -0.05) is 13.8 Å². The molecule has 1 unspecified atom stereocenters. The van der Waals surface area contributed by atoms with Crippen LogP contribution in [0.1, 0.15) is 41.0 Å². The third kappa shape index (κ3) is 6.62. The molecule has 0 fully saturated rings. The first kappa shape index (κ1) is 11.9. The van der Waals surface area contributed by atoms with Crippen LogP contribution in [0.4, 0.5) is 0 Å². The van der Waals surface area contributed by atoms with Gasteiger partial charge in [0.1, 0.15) is 0 Å².